The van der Waals surface area contributed by atoms with E-state index in [1.807, 2.05) is 0 Å². The average Bonchev–Trinajstić information content (AvgIpc) is 2.83. The summed E-state index contributed by atoms with van der Waals surface area (Å²) in [4.78, 5) is 34.5. The molecule has 0 aromatic heterocycles. The molecule has 2 amide bonds. The smallest absolute Gasteiger partial charge is 0.338 e. The number of carbonyl (C=O) groups is 3. The highest BCUT2D eigenvalue weighted by atomic mass is 35.5. The maximum absolute atomic E-state index is 12.0. The number of esters is 1. The van der Waals surface area contributed by atoms with Crippen LogP contribution in [0.2, 0.25) is 5.02 Å². The van der Waals surface area contributed by atoms with E-state index in [2.05, 4.69) is 10.6 Å². The van der Waals surface area contributed by atoms with Gasteiger partial charge in [0.05, 0.1) is 30.3 Å². The van der Waals surface area contributed by atoms with Crippen molar-refractivity contribution < 1.29 is 28.6 Å². The van der Waals surface area contributed by atoms with E-state index in [1.165, 1.54) is 19.2 Å². The van der Waals surface area contributed by atoms with Gasteiger partial charge in [0, 0.05) is 13.5 Å². The summed E-state index contributed by atoms with van der Waals surface area (Å²) >= 11 is 6.09. The zero-order chi connectivity index (χ0) is 17.5. The van der Waals surface area contributed by atoms with Crippen LogP contribution < -0.4 is 20.1 Å². The van der Waals surface area contributed by atoms with Gasteiger partial charge in [-0.1, -0.05) is 11.6 Å². The minimum absolute atomic E-state index is 0.142. The molecule has 0 atom stereocenters. The van der Waals surface area contributed by atoms with E-state index in [4.69, 9.17) is 25.8 Å². The fourth-order valence-corrected chi connectivity index (χ4v) is 2.15. The normalized spacial score (nSPS) is 12.8. The third-order valence-corrected chi connectivity index (χ3v) is 3.38. The van der Waals surface area contributed by atoms with Crippen molar-refractivity contribution in [3.05, 3.63) is 22.7 Å². The van der Waals surface area contributed by atoms with Crippen LogP contribution in [0.4, 0.5) is 0 Å². The van der Waals surface area contributed by atoms with Gasteiger partial charge >= 0.3 is 5.97 Å². The Bertz CT molecular complexity index is 649. The van der Waals surface area contributed by atoms with Gasteiger partial charge < -0.3 is 24.8 Å². The summed E-state index contributed by atoms with van der Waals surface area (Å²) in [6.07, 6.45) is 0.705. The summed E-state index contributed by atoms with van der Waals surface area (Å²) < 4.78 is 15.8. The zero-order valence-electron chi connectivity index (χ0n) is 13.0. The molecule has 0 saturated heterocycles. The third-order valence-electron chi connectivity index (χ3n) is 3.10. The molecule has 1 aliphatic rings. The first kappa shape index (κ1) is 17.9. The number of hydrogen-bond acceptors (Lipinski definition) is 6. The van der Waals surface area contributed by atoms with Crippen LogP contribution in [0.5, 0.6) is 11.5 Å². The van der Waals surface area contributed by atoms with Crippen molar-refractivity contribution in [1.82, 2.24) is 10.6 Å². The van der Waals surface area contributed by atoms with Crippen LogP contribution in [0, 0.1) is 0 Å². The summed E-state index contributed by atoms with van der Waals surface area (Å²) in [5, 5.41) is 4.89. The maximum Gasteiger partial charge on any atom is 0.338 e. The number of ether oxygens (including phenoxy) is 3. The number of rotatable bonds is 5. The Hall–Kier alpha value is -2.48. The van der Waals surface area contributed by atoms with Gasteiger partial charge in [-0.2, -0.15) is 0 Å². The summed E-state index contributed by atoms with van der Waals surface area (Å²) in [5.41, 5.74) is 0.142. The summed E-state index contributed by atoms with van der Waals surface area (Å²) in [5.74, 6) is -0.940. The number of benzene rings is 1. The van der Waals surface area contributed by atoms with E-state index < -0.39 is 18.5 Å². The number of halogens is 1. The Kier molecular flexibility index (Phi) is 6.25. The number of nitrogens with one attached hydrogen (secondary N) is 2. The SMILES string of the molecule is CNC(=O)CNC(=O)COC(=O)c1cc(Cl)c2c(c1)OCCCO2. The summed E-state index contributed by atoms with van der Waals surface area (Å²) in [6.45, 7) is 0.219. The van der Waals surface area contributed by atoms with Crippen molar-refractivity contribution in [2.45, 2.75) is 6.42 Å². The number of amides is 2. The summed E-state index contributed by atoms with van der Waals surface area (Å²) in [7, 11) is 1.45. The molecule has 1 aromatic carbocycles. The minimum atomic E-state index is -0.734. The highest BCUT2D eigenvalue weighted by molar-refractivity contribution is 6.32. The molecule has 0 saturated carbocycles. The highest BCUT2D eigenvalue weighted by Crippen LogP contribution is 2.38. The van der Waals surface area contributed by atoms with Gasteiger partial charge in [-0.3, -0.25) is 9.59 Å². The predicted molar refractivity (Wildman–Crippen MR) is 84.4 cm³/mol. The maximum atomic E-state index is 12.0. The van der Waals surface area contributed by atoms with E-state index in [0.717, 1.165) is 0 Å². The lowest BCUT2D eigenvalue weighted by Gasteiger charge is -2.11. The lowest BCUT2D eigenvalue weighted by molar-refractivity contribution is -0.127. The molecule has 0 unspecified atom stereocenters. The van der Waals surface area contributed by atoms with Gasteiger partial charge in [-0.15, -0.1) is 0 Å². The van der Waals surface area contributed by atoms with Crippen LogP contribution in [-0.4, -0.2) is 51.2 Å². The predicted octanol–water partition coefficient (Wildman–Crippen LogP) is 0.520. The number of fused-ring (bicyclic) bond motifs is 1. The van der Waals surface area contributed by atoms with Crippen LogP contribution in [0.15, 0.2) is 12.1 Å². The van der Waals surface area contributed by atoms with Crippen LogP contribution in [0.1, 0.15) is 16.8 Å². The first-order valence-electron chi connectivity index (χ1n) is 7.25. The van der Waals surface area contributed by atoms with Gasteiger partial charge in [0.1, 0.15) is 0 Å². The monoisotopic (exact) mass is 356 g/mol. The van der Waals surface area contributed by atoms with Crippen LogP contribution in [-0.2, 0) is 14.3 Å². The Morgan fingerprint density at radius 3 is 2.71 bits per heavy atom. The lowest BCUT2D eigenvalue weighted by Crippen LogP contribution is -2.37. The third kappa shape index (κ3) is 4.76. The molecule has 2 N–H and O–H groups in total. The Labute approximate surface area is 143 Å². The number of carbonyl (C=O) groups excluding carboxylic acids is 3. The molecule has 0 aliphatic carbocycles. The average molecular weight is 357 g/mol. The van der Waals surface area contributed by atoms with E-state index in [-0.39, 0.29) is 23.0 Å². The van der Waals surface area contributed by atoms with Crippen LogP contribution in [0.3, 0.4) is 0 Å². The van der Waals surface area contributed by atoms with Crippen molar-refractivity contribution in [3.63, 3.8) is 0 Å². The van der Waals surface area contributed by atoms with Crippen molar-refractivity contribution in [2.75, 3.05) is 33.4 Å². The molecule has 130 valence electrons. The molecular weight excluding hydrogens is 340 g/mol. The molecular formula is C15H17ClN2O6. The number of likely N-dealkylation sites (N-methyl/N-ethyl adjacent to an activating group) is 1. The topological polar surface area (TPSA) is 103 Å². The fraction of sp³-hybridized carbons (Fsp3) is 0.400. The molecule has 0 radical (unpaired) electrons. The van der Waals surface area contributed by atoms with Crippen molar-refractivity contribution >= 4 is 29.4 Å². The van der Waals surface area contributed by atoms with E-state index in [0.29, 0.717) is 31.1 Å². The quantitative estimate of drug-likeness (QED) is 0.746. The lowest BCUT2D eigenvalue weighted by atomic mass is 10.2. The van der Waals surface area contributed by atoms with Crippen molar-refractivity contribution in [3.8, 4) is 11.5 Å². The van der Waals surface area contributed by atoms with Gasteiger partial charge in [-0.05, 0) is 12.1 Å². The number of hydrogen-bond donors (Lipinski definition) is 2. The Morgan fingerprint density at radius 2 is 1.96 bits per heavy atom. The van der Waals surface area contributed by atoms with Gasteiger partial charge in [0.15, 0.2) is 18.1 Å². The largest absolute Gasteiger partial charge is 0.489 e. The molecule has 9 heteroatoms. The molecule has 1 aromatic rings. The second kappa shape index (κ2) is 8.39. The minimum Gasteiger partial charge on any atom is -0.489 e. The molecule has 2 rings (SSSR count). The summed E-state index contributed by atoms with van der Waals surface area (Å²) in [6, 6.07) is 2.84. The fourth-order valence-electron chi connectivity index (χ4n) is 1.88. The van der Waals surface area contributed by atoms with Crippen molar-refractivity contribution in [2.24, 2.45) is 0 Å². The second-order valence-electron chi connectivity index (χ2n) is 4.86. The van der Waals surface area contributed by atoms with Crippen molar-refractivity contribution in [1.29, 1.82) is 0 Å². The van der Waals surface area contributed by atoms with Crippen LogP contribution >= 0.6 is 11.6 Å². The van der Waals surface area contributed by atoms with E-state index in [1.54, 1.807) is 0 Å². The first-order chi connectivity index (χ1) is 11.5. The van der Waals surface area contributed by atoms with Crippen LogP contribution in [0.25, 0.3) is 0 Å². The highest BCUT2D eigenvalue weighted by Gasteiger charge is 2.19. The van der Waals surface area contributed by atoms with E-state index in [9.17, 15) is 14.4 Å². The molecule has 1 heterocycles. The standard InChI is InChI=1S/C15H17ClN2O6/c1-17-12(19)7-18-13(20)8-24-15(21)9-5-10(16)14-11(6-9)22-3-2-4-23-14/h5-6H,2-4,7-8H2,1H3,(H,17,19)(H,18,20). The molecule has 8 nitrogen and oxygen atoms in total. The molecule has 24 heavy (non-hydrogen) atoms. The van der Waals surface area contributed by atoms with E-state index >= 15 is 0 Å². The Balaban J connectivity index is 1.95. The van der Waals surface area contributed by atoms with Gasteiger partial charge in [0.2, 0.25) is 5.91 Å². The molecule has 0 fully saturated rings. The van der Waals surface area contributed by atoms with Gasteiger partial charge in [-0.25, -0.2) is 4.79 Å². The second-order valence-corrected chi connectivity index (χ2v) is 5.27. The first-order valence-corrected chi connectivity index (χ1v) is 7.62. The van der Waals surface area contributed by atoms with Gasteiger partial charge in [0.25, 0.3) is 5.91 Å². The Morgan fingerprint density at radius 1 is 1.21 bits per heavy atom. The molecule has 0 spiro atoms. The molecule has 0 bridgehead atoms. The zero-order valence-corrected chi connectivity index (χ0v) is 13.8. The molecule has 1 aliphatic heterocycles.